The Morgan fingerprint density at radius 2 is 1.45 bits per heavy atom. The monoisotopic (exact) mass is 570 g/mol. The van der Waals surface area contributed by atoms with Gasteiger partial charge in [-0.05, 0) is 74.2 Å². The average molecular weight is 571 g/mol. The van der Waals surface area contributed by atoms with Gasteiger partial charge in [0, 0.05) is 17.5 Å². The highest BCUT2D eigenvalue weighted by Gasteiger charge is 2.49. The number of rotatable bonds is 15. The molecule has 1 aliphatic rings. The predicted molar refractivity (Wildman–Crippen MR) is 164 cm³/mol. The summed E-state index contributed by atoms with van der Waals surface area (Å²) in [5, 5.41) is 14.5. The van der Waals surface area contributed by atoms with Gasteiger partial charge in [-0.1, -0.05) is 88.3 Å². The Labute approximate surface area is 250 Å². The van der Waals surface area contributed by atoms with Crippen LogP contribution in [0.5, 0.6) is 11.5 Å². The summed E-state index contributed by atoms with van der Waals surface area (Å²) in [4.78, 5) is 23.8. The van der Waals surface area contributed by atoms with Gasteiger partial charge in [0.1, 0.15) is 17.8 Å². The summed E-state index contributed by atoms with van der Waals surface area (Å²) in [7, 11) is 0. The summed E-state index contributed by atoms with van der Waals surface area (Å²) in [6.45, 7) is 6.81. The van der Waals surface area contributed by atoms with Gasteiger partial charge < -0.3 is 9.47 Å². The van der Waals surface area contributed by atoms with E-state index in [0.29, 0.717) is 29.9 Å². The van der Waals surface area contributed by atoms with E-state index in [4.69, 9.17) is 9.47 Å². The first-order valence-electron chi connectivity index (χ1n) is 15.4. The molecule has 1 fully saturated rings. The maximum Gasteiger partial charge on any atom is 0.343 e. The number of esters is 1. The van der Waals surface area contributed by atoms with Crippen molar-refractivity contribution in [3.8, 4) is 11.5 Å². The highest BCUT2D eigenvalue weighted by Crippen LogP contribution is 2.48. The fraction of sp³-hybridized carbons (Fsp3) is 0.444. The maximum absolute atomic E-state index is 13.3. The Kier molecular flexibility index (Phi) is 11.3. The molecule has 0 amide bonds. The van der Waals surface area contributed by atoms with Gasteiger partial charge in [-0.3, -0.25) is 4.79 Å². The lowest BCUT2D eigenvalue weighted by molar-refractivity contribution is -0.226. The van der Waals surface area contributed by atoms with Crippen molar-refractivity contribution in [2.24, 2.45) is 0 Å². The quantitative estimate of drug-likeness (QED) is 0.0791. The van der Waals surface area contributed by atoms with E-state index < -0.39 is 11.5 Å². The minimum Gasteiger partial charge on any atom is -0.494 e. The SMILES string of the molecule is CCCCCCCCCCOc1ccc(C(=O)Oc2ccc([C@]3(C)CC(c4ccc(C=O)cc4)[C@H](C)N3[O])cc2)cc1. The second-order valence-electron chi connectivity index (χ2n) is 11.7. The lowest BCUT2D eigenvalue weighted by Gasteiger charge is -2.30. The Morgan fingerprint density at radius 1 is 0.857 bits per heavy atom. The third-order valence-electron chi connectivity index (χ3n) is 8.60. The zero-order chi connectivity index (χ0) is 30.0. The smallest absolute Gasteiger partial charge is 0.343 e. The van der Waals surface area contributed by atoms with Crippen LogP contribution in [-0.2, 0) is 10.7 Å². The number of carbonyl (C=O) groups is 2. The van der Waals surface area contributed by atoms with Gasteiger partial charge in [-0.25, -0.2) is 4.79 Å². The summed E-state index contributed by atoms with van der Waals surface area (Å²) >= 11 is 0. The van der Waals surface area contributed by atoms with E-state index >= 15 is 0 Å². The van der Waals surface area contributed by atoms with Crippen molar-refractivity contribution in [3.63, 3.8) is 0 Å². The lowest BCUT2D eigenvalue weighted by Crippen LogP contribution is -2.38. The number of benzene rings is 3. The lowest BCUT2D eigenvalue weighted by atomic mass is 9.83. The van der Waals surface area contributed by atoms with Crippen molar-refractivity contribution in [1.82, 2.24) is 5.06 Å². The first-order valence-corrected chi connectivity index (χ1v) is 15.4. The first-order chi connectivity index (χ1) is 20.4. The summed E-state index contributed by atoms with van der Waals surface area (Å²) in [6.07, 6.45) is 11.5. The molecule has 1 aliphatic heterocycles. The molecule has 1 unspecified atom stereocenters. The van der Waals surface area contributed by atoms with Crippen LogP contribution in [0.2, 0.25) is 0 Å². The van der Waals surface area contributed by atoms with Crippen LogP contribution in [0.25, 0.3) is 0 Å². The molecule has 0 N–H and O–H groups in total. The van der Waals surface area contributed by atoms with Crippen molar-refractivity contribution < 1.29 is 24.3 Å². The Balaban J connectivity index is 1.27. The Morgan fingerprint density at radius 3 is 2.07 bits per heavy atom. The third kappa shape index (κ3) is 7.87. The fourth-order valence-corrected chi connectivity index (χ4v) is 5.93. The van der Waals surface area contributed by atoms with E-state index in [9.17, 15) is 14.8 Å². The van der Waals surface area contributed by atoms with Gasteiger partial charge in [0.2, 0.25) is 0 Å². The van der Waals surface area contributed by atoms with Crippen molar-refractivity contribution in [2.45, 2.75) is 96.1 Å². The van der Waals surface area contributed by atoms with Gasteiger partial charge >= 0.3 is 5.97 Å². The van der Waals surface area contributed by atoms with Crippen LogP contribution in [0, 0.1) is 0 Å². The second kappa shape index (κ2) is 15.1. The number of carbonyl (C=O) groups excluding carboxylic acids is 2. The van der Waals surface area contributed by atoms with Gasteiger partial charge in [-0.15, -0.1) is 10.3 Å². The van der Waals surface area contributed by atoms with Crippen LogP contribution in [0.15, 0.2) is 72.8 Å². The maximum atomic E-state index is 13.3. The molecule has 1 radical (unpaired) electrons. The van der Waals surface area contributed by atoms with Crippen LogP contribution in [0.1, 0.15) is 116 Å². The third-order valence-corrected chi connectivity index (χ3v) is 8.60. The van der Waals surface area contributed by atoms with Gasteiger partial charge in [0.05, 0.1) is 17.7 Å². The predicted octanol–water partition coefficient (Wildman–Crippen LogP) is 8.68. The van der Waals surface area contributed by atoms with Crippen molar-refractivity contribution in [2.75, 3.05) is 6.61 Å². The number of ether oxygens (including phenoxy) is 2. The Hall–Kier alpha value is -3.48. The highest BCUT2D eigenvalue weighted by atomic mass is 16.5. The molecular formula is C36H44NO5. The van der Waals surface area contributed by atoms with E-state index in [1.54, 1.807) is 48.5 Å². The average Bonchev–Trinajstić information content (AvgIpc) is 3.25. The molecule has 42 heavy (non-hydrogen) atoms. The first kappa shape index (κ1) is 31.5. The van der Waals surface area contributed by atoms with Crippen molar-refractivity contribution >= 4 is 12.3 Å². The summed E-state index contributed by atoms with van der Waals surface area (Å²) in [5.74, 6) is 0.769. The molecule has 0 aromatic heterocycles. The van der Waals surface area contributed by atoms with Crippen LogP contribution in [0.4, 0.5) is 0 Å². The van der Waals surface area contributed by atoms with E-state index in [2.05, 4.69) is 6.92 Å². The highest BCUT2D eigenvalue weighted by molar-refractivity contribution is 5.91. The number of hydroxylamine groups is 2. The normalized spacial score (nSPS) is 20.4. The van der Waals surface area contributed by atoms with Crippen molar-refractivity contribution in [3.05, 3.63) is 95.1 Å². The molecule has 0 bridgehead atoms. The molecule has 0 saturated carbocycles. The summed E-state index contributed by atoms with van der Waals surface area (Å²) < 4.78 is 11.5. The molecule has 3 atom stereocenters. The van der Waals surface area contributed by atoms with Crippen LogP contribution >= 0.6 is 0 Å². The molecule has 1 heterocycles. The van der Waals surface area contributed by atoms with E-state index in [1.165, 1.54) is 50.0 Å². The van der Waals surface area contributed by atoms with E-state index in [-0.39, 0.29) is 12.0 Å². The van der Waals surface area contributed by atoms with E-state index in [0.717, 1.165) is 29.6 Å². The van der Waals surface area contributed by atoms with Crippen LogP contribution < -0.4 is 9.47 Å². The molecule has 3 aromatic carbocycles. The molecule has 0 spiro atoms. The van der Waals surface area contributed by atoms with Gasteiger partial charge in [0.15, 0.2) is 0 Å². The number of nitrogens with zero attached hydrogens (tertiary/aromatic N) is 1. The standard InChI is InChI=1S/C36H44NO5/c1-4-5-6-7-8-9-10-11-24-41-32-20-16-30(17-21-32)35(39)42-33-22-18-31(19-23-33)36(3)25-34(27(2)37(36)40)29-14-12-28(26-38)13-15-29/h12-23,26-27,34H,4-11,24-25H2,1-3H3/t27-,34?,36-/m0/s1. The summed E-state index contributed by atoms with van der Waals surface area (Å²) in [5.41, 5.74) is 2.27. The molecule has 223 valence electrons. The number of aldehydes is 1. The van der Waals surface area contributed by atoms with Gasteiger partial charge in [0.25, 0.3) is 0 Å². The summed E-state index contributed by atoms with van der Waals surface area (Å²) in [6, 6.07) is 21.5. The molecule has 1 saturated heterocycles. The van der Waals surface area contributed by atoms with Crippen LogP contribution in [0.3, 0.4) is 0 Å². The number of hydrogen-bond acceptors (Lipinski definition) is 5. The fourth-order valence-electron chi connectivity index (χ4n) is 5.93. The van der Waals surface area contributed by atoms with E-state index in [1.807, 2.05) is 38.1 Å². The molecule has 4 rings (SSSR count). The van der Waals surface area contributed by atoms with Crippen LogP contribution in [-0.4, -0.2) is 30.0 Å². The molecule has 3 aromatic rings. The molecule has 6 nitrogen and oxygen atoms in total. The van der Waals surface area contributed by atoms with Crippen molar-refractivity contribution in [1.29, 1.82) is 0 Å². The molecule has 0 aliphatic carbocycles. The molecular weight excluding hydrogens is 526 g/mol. The number of hydrogen-bond donors (Lipinski definition) is 0. The topological polar surface area (TPSA) is 75.7 Å². The largest absolute Gasteiger partial charge is 0.494 e. The zero-order valence-electron chi connectivity index (χ0n) is 25.2. The second-order valence-corrected chi connectivity index (χ2v) is 11.7. The molecule has 6 heteroatoms. The number of unbranched alkanes of at least 4 members (excludes halogenated alkanes) is 7. The minimum atomic E-state index is -0.722. The minimum absolute atomic E-state index is 0.0398. The zero-order valence-corrected chi connectivity index (χ0v) is 25.2. The van der Waals surface area contributed by atoms with Gasteiger partial charge in [-0.2, -0.15) is 0 Å². The Bertz CT molecular complexity index is 1270.